The fraction of sp³-hybridized carbons (Fsp3) is 1.00. The van der Waals surface area contributed by atoms with Gasteiger partial charge in [-0.15, -0.1) is 0 Å². The number of aliphatic hydroxyl groups is 1. The van der Waals surface area contributed by atoms with Crippen LogP contribution in [0.2, 0.25) is 0 Å². The van der Waals surface area contributed by atoms with Crippen LogP contribution in [0.5, 0.6) is 0 Å². The predicted molar refractivity (Wildman–Crippen MR) is 22.8 cm³/mol. The van der Waals surface area contributed by atoms with Gasteiger partial charge in [-0.3, -0.25) is 4.57 Å². The Morgan fingerprint density at radius 2 is 2.00 bits per heavy atom. The van der Waals surface area contributed by atoms with Gasteiger partial charge in [-0.25, -0.2) is 0 Å². The number of rotatable bonds is 1. The molecule has 6 heavy (non-hydrogen) atoms. The van der Waals surface area contributed by atoms with Crippen molar-refractivity contribution in [2.45, 2.75) is 0 Å². The summed E-state index contributed by atoms with van der Waals surface area (Å²) >= 11 is 4.58. The van der Waals surface area contributed by atoms with Crippen LogP contribution >= 0.6 is 18.0 Å². The van der Waals surface area contributed by atoms with Crippen molar-refractivity contribution in [1.29, 1.82) is 0 Å². The van der Waals surface area contributed by atoms with Crippen molar-refractivity contribution in [2.24, 2.45) is 0 Å². The van der Waals surface area contributed by atoms with Crippen LogP contribution in [0.15, 0.2) is 0 Å². The molecular formula is CH4ClO3P. The summed E-state index contributed by atoms with van der Waals surface area (Å²) in [4.78, 5) is 7.90. The molecule has 2 N–H and O–H groups in total. The molecule has 5 heteroatoms. The molecule has 0 heterocycles. The average Bonchev–Trinajstić information content (AvgIpc) is 1.35. The molecule has 0 saturated carbocycles. The number of hydrogen-bond donors (Lipinski definition) is 2. The van der Waals surface area contributed by atoms with Crippen LogP contribution in [0.3, 0.4) is 0 Å². The molecule has 0 aromatic rings. The van der Waals surface area contributed by atoms with Gasteiger partial charge in [0.25, 0.3) is 0 Å². The largest absolute Gasteiger partial charge is 0.385 e. The molecular weight excluding hydrogens is 126 g/mol. The molecule has 0 bridgehead atoms. The number of aliphatic hydroxyl groups excluding tert-OH is 1. The molecule has 0 aliphatic heterocycles. The Labute approximate surface area is 39.8 Å². The van der Waals surface area contributed by atoms with Gasteiger partial charge < -0.3 is 10.00 Å². The second-order valence-corrected chi connectivity index (χ2v) is 3.86. The Morgan fingerprint density at radius 1 is 1.83 bits per heavy atom. The summed E-state index contributed by atoms with van der Waals surface area (Å²) in [5, 5.41) is 7.76. The van der Waals surface area contributed by atoms with Crippen LogP contribution < -0.4 is 0 Å². The van der Waals surface area contributed by atoms with Crippen LogP contribution in [-0.2, 0) is 4.57 Å². The normalized spacial score (nSPS) is 19.8. The average molecular weight is 130 g/mol. The van der Waals surface area contributed by atoms with E-state index in [1.807, 2.05) is 0 Å². The van der Waals surface area contributed by atoms with E-state index in [1.54, 1.807) is 0 Å². The van der Waals surface area contributed by atoms with Crippen molar-refractivity contribution in [3.05, 3.63) is 0 Å². The molecule has 0 amide bonds. The van der Waals surface area contributed by atoms with Crippen molar-refractivity contribution in [1.82, 2.24) is 0 Å². The van der Waals surface area contributed by atoms with Gasteiger partial charge in [0.15, 0.2) is 0 Å². The topological polar surface area (TPSA) is 57.5 Å². The van der Waals surface area contributed by atoms with E-state index in [0.29, 0.717) is 0 Å². The monoisotopic (exact) mass is 130 g/mol. The summed E-state index contributed by atoms with van der Waals surface area (Å²) in [6, 6.07) is 0. The van der Waals surface area contributed by atoms with Crippen molar-refractivity contribution in [2.75, 3.05) is 6.35 Å². The van der Waals surface area contributed by atoms with E-state index in [1.165, 1.54) is 0 Å². The van der Waals surface area contributed by atoms with Crippen LogP contribution in [0.4, 0.5) is 0 Å². The molecule has 0 aromatic carbocycles. The standard InChI is InChI=1S/CH4ClO3P/c2-6(4,5)1-3/h3H,1H2,(H,4,5). The Morgan fingerprint density at radius 3 is 2.00 bits per heavy atom. The van der Waals surface area contributed by atoms with Gasteiger partial charge in [0.1, 0.15) is 6.35 Å². The minimum absolute atomic E-state index is 0.853. The number of halogens is 1. The first-order chi connectivity index (χ1) is 2.56. The summed E-state index contributed by atoms with van der Waals surface area (Å²) < 4.78 is 9.65. The van der Waals surface area contributed by atoms with Crippen LogP contribution in [-0.4, -0.2) is 16.3 Å². The maximum atomic E-state index is 9.65. The fourth-order valence-electron chi connectivity index (χ4n) is 0. The van der Waals surface area contributed by atoms with E-state index in [9.17, 15) is 4.57 Å². The second-order valence-electron chi connectivity index (χ2n) is 0.758. The highest BCUT2D eigenvalue weighted by Gasteiger charge is 2.07. The minimum atomic E-state index is -3.62. The molecule has 1 atom stereocenters. The van der Waals surface area contributed by atoms with Crippen LogP contribution in [0, 0.1) is 0 Å². The molecule has 0 radical (unpaired) electrons. The molecule has 0 saturated heterocycles. The van der Waals surface area contributed by atoms with Gasteiger partial charge in [0.05, 0.1) is 0 Å². The minimum Gasteiger partial charge on any atom is -0.385 e. The van der Waals surface area contributed by atoms with E-state index >= 15 is 0 Å². The molecule has 0 aromatic heterocycles. The van der Waals surface area contributed by atoms with Crippen molar-refractivity contribution >= 4 is 18.0 Å². The lowest BCUT2D eigenvalue weighted by molar-refractivity contribution is 0.340. The quantitative estimate of drug-likeness (QED) is 0.504. The Kier molecular flexibility index (Phi) is 2.08. The molecule has 38 valence electrons. The van der Waals surface area contributed by atoms with E-state index in [-0.39, 0.29) is 0 Å². The van der Waals surface area contributed by atoms with Gasteiger partial charge in [-0.2, -0.15) is 0 Å². The first-order valence-electron chi connectivity index (χ1n) is 1.18. The number of hydrogen-bond acceptors (Lipinski definition) is 2. The van der Waals surface area contributed by atoms with Gasteiger partial charge in [0.2, 0.25) is 0 Å². The maximum absolute atomic E-state index is 9.65. The third kappa shape index (κ3) is 4.44. The lowest BCUT2D eigenvalue weighted by Crippen LogP contribution is -1.74. The fourth-order valence-corrected chi connectivity index (χ4v) is 0. The predicted octanol–water partition coefficient (Wildman–Crippen LogP) is 0.360. The molecule has 1 unspecified atom stereocenters. The second kappa shape index (κ2) is 1.94. The SMILES string of the molecule is O=P(O)(Cl)CO. The van der Waals surface area contributed by atoms with Crippen molar-refractivity contribution in [3.63, 3.8) is 0 Å². The maximum Gasteiger partial charge on any atom is 0.312 e. The van der Waals surface area contributed by atoms with Crippen molar-refractivity contribution in [3.8, 4) is 0 Å². The zero-order valence-electron chi connectivity index (χ0n) is 2.83. The molecule has 0 fully saturated rings. The first kappa shape index (κ1) is 6.44. The van der Waals surface area contributed by atoms with Crippen molar-refractivity contribution < 1.29 is 14.6 Å². The van der Waals surface area contributed by atoms with Gasteiger partial charge in [-0.1, -0.05) is 0 Å². The highest BCUT2D eigenvalue weighted by atomic mass is 35.7. The van der Waals surface area contributed by atoms with E-state index in [4.69, 9.17) is 10.00 Å². The summed E-state index contributed by atoms with van der Waals surface area (Å²) in [7, 11) is 0. The molecule has 0 spiro atoms. The summed E-state index contributed by atoms with van der Waals surface area (Å²) in [5.74, 6) is 0. The zero-order valence-corrected chi connectivity index (χ0v) is 4.49. The molecule has 0 rings (SSSR count). The summed E-state index contributed by atoms with van der Waals surface area (Å²) in [6.07, 6.45) is -0.853. The van der Waals surface area contributed by atoms with Crippen LogP contribution in [0.1, 0.15) is 0 Å². The smallest absolute Gasteiger partial charge is 0.312 e. The molecule has 0 aliphatic rings. The van der Waals surface area contributed by atoms with Crippen LogP contribution in [0.25, 0.3) is 0 Å². The molecule has 0 aliphatic carbocycles. The first-order valence-corrected chi connectivity index (χ1v) is 3.93. The van der Waals surface area contributed by atoms with E-state index in [0.717, 1.165) is 0 Å². The van der Waals surface area contributed by atoms with Gasteiger partial charge in [0, 0.05) is 0 Å². The third-order valence-corrected chi connectivity index (χ3v) is 0.844. The Hall–Kier alpha value is 0.440. The lowest BCUT2D eigenvalue weighted by atomic mass is 11.7. The van der Waals surface area contributed by atoms with E-state index < -0.39 is 13.1 Å². The Balaban J connectivity index is 3.48. The van der Waals surface area contributed by atoms with Gasteiger partial charge >= 0.3 is 6.72 Å². The zero-order chi connectivity index (χ0) is 5.21. The third-order valence-electron chi connectivity index (χ3n) is 0.174. The highest BCUT2D eigenvalue weighted by Crippen LogP contribution is 2.44. The Bertz CT molecular complexity index is 74.9. The summed E-state index contributed by atoms with van der Waals surface area (Å²) in [5.41, 5.74) is 0. The van der Waals surface area contributed by atoms with Gasteiger partial charge in [-0.05, 0) is 11.2 Å². The summed E-state index contributed by atoms with van der Waals surface area (Å²) in [6.45, 7) is -3.62. The van der Waals surface area contributed by atoms with E-state index in [2.05, 4.69) is 11.2 Å². The highest BCUT2D eigenvalue weighted by molar-refractivity contribution is 7.84. The molecule has 3 nitrogen and oxygen atoms in total. The lowest BCUT2D eigenvalue weighted by Gasteiger charge is -1.90.